The first kappa shape index (κ1) is 62.4. The Kier molecular flexibility index (Phi) is 17.6. The van der Waals surface area contributed by atoms with E-state index < -0.39 is 166 Å². The first-order valence-corrected chi connectivity index (χ1v) is 29.4. The van der Waals surface area contributed by atoms with Crippen molar-refractivity contribution in [3.05, 3.63) is 11.6 Å². The van der Waals surface area contributed by atoms with Gasteiger partial charge < -0.3 is 114 Å². The molecule has 0 amide bonds. The minimum Gasteiger partial charge on any atom is -0.432 e. The van der Waals surface area contributed by atoms with Gasteiger partial charge in [0.1, 0.15) is 97.7 Å². The molecule has 5 aliphatic heterocycles. The van der Waals surface area contributed by atoms with Gasteiger partial charge in [0.05, 0.1) is 44.1 Å². The van der Waals surface area contributed by atoms with E-state index in [1.165, 1.54) is 12.5 Å². The Labute approximate surface area is 472 Å². The summed E-state index contributed by atoms with van der Waals surface area (Å²) in [6, 6.07) is 0. The van der Waals surface area contributed by atoms with Crippen LogP contribution in [0.4, 0.5) is 0 Å². The third-order valence-electron chi connectivity index (χ3n) is 22.3. The van der Waals surface area contributed by atoms with Gasteiger partial charge in [0.15, 0.2) is 25.2 Å². The van der Waals surface area contributed by atoms with Gasteiger partial charge in [-0.15, -0.1) is 0 Å². The fourth-order valence-electron chi connectivity index (χ4n) is 17.2. The van der Waals surface area contributed by atoms with Gasteiger partial charge in [0.2, 0.25) is 6.29 Å². The molecule has 0 aromatic rings. The summed E-state index contributed by atoms with van der Waals surface area (Å²) in [5, 5.41) is 140. The summed E-state index contributed by atoms with van der Waals surface area (Å²) in [5.41, 5.74) is -0.766. The van der Waals surface area contributed by atoms with E-state index in [-0.39, 0.29) is 57.5 Å². The van der Waals surface area contributed by atoms with Crippen molar-refractivity contribution in [3.8, 4) is 0 Å². The average Bonchev–Trinajstić information content (AvgIpc) is 3.60. The van der Waals surface area contributed by atoms with Crippen molar-refractivity contribution in [1.29, 1.82) is 0 Å². The molecule has 0 aromatic heterocycles. The number of aliphatic hydroxyl groups excluding tert-OH is 13. The van der Waals surface area contributed by atoms with Gasteiger partial charge >= 0.3 is 5.97 Å². The van der Waals surface area contributed by atoms with Gasteiger partial charge in [-0.25, -0.2) is 0 Å². The number of allylic oxidation sites excluding steroid dienone is 2. The van der Waals surface area contributed by atoms with Gasteiger partial charge in [-0.3, -0.25) is 4.79 Å². The van der Waals surface area contributed by atoms with E-state index in [0.29, 0.717) is 25.7 Å². The molecule has 24 heteroatoms. The minimum absolute atomic E-state index is 0.111. The molecule has 30 atom stereocenters. The summed E-state index contributed by atoms with van der Waals surface area (Å²) in [5.74, 6) is -0.224. The van der Waals surface area contributed by atoms with Crippen molar-refractivity contribution < 1.29 is 119 Å². The lowest BCUT2D eigenvalue weighted by atomic mass is 9.33. The molecule has 0 radical (unpaired) electrons. The zero-order valence-corrected chi connectivity index (χ0v) is 47.8. The van der Waals surface area contributed by atoms with E-state index in [4.69, 9.17) is 47.4 Å². The quantitative estimate of drug-likeness (QED) is 0.0652. The fourth-order valence-corrected chi connectivity index (χ4v) is 17.2. The SMILES string of the molecule is C[C@@H]1O[C@@H](O[C@@H]2[C@@H](O)[C@H](O[C@@H]3[C@@H](O)[C@H](OC(=O)[C@]45CCC(C)(C)C[C@H]4C4=CC[C@H]6[C@@]7(C)CC[C@H](O[C@@H]8O[C@H](CO)[C@H](O)[C@H](O)[C@H]8O)C(C)(C)[C@H]7CC[C@@]6(C)[C@]4(C)CC5)OC[C@H]3O)OC[C@H]2O)[C@H](O)[C@H](O)[C@H]1O[C@@H]1OC[C@@H](O)[C@H](O)[C@H]1O. The molecule has 13 N–H and O–H groups in total. The second-order valence-corrected chi connectivity index (χ2v) is 27.7. The molecule has 5 aliphatic carbocycles. The first-order chi connectivity index (χ1) is 37.9. The van der Waals surface area contributed by atoms with Crippen molar-refractivity contribution in [3.63, 3.8) is 0 Å². The number of esters is 1. The number of hydrogen-bond donors (Lipinski definition) is 13. The Morgan fingerprint density at radius 1 is 0.556 bits per heavy atom. The predicted molar refractivity (Wildman–Crippen MR) is 276 cm³/mol. The third kappa shape index (κ3) is 10.5. The molecule has 0 spiro atoms. The van der Waals surface area contributed by atoms with E-state index in [1.54, 1.807) is 0 Å². The maximum absolute atomic E-state index is 15.2. The molecule has 5 saturated heterocycles. The van der Waals surface area contributed by atoms with E-state index >= 15 is 4.79 Å². The highest BCUT2D eigenvalue weighted by atomic mass is 16.8. The van der Waals surface area contributed by atoms with Gasteiger partial charge in [0, 0.05) is 0 Å². The van der Waals surface area contributed by atoms with Crippen molar-refractivity contribution >= 4 is 5.97 Å². The topological polar surface area (TPSA) is 372 Å². The van der Waals surface area contributed by atoms with Crippen LogP contribution < -0.4 is 0 Å². The number of fused-ring (bicyclic) bond motifs is 7. The van der Waals surface area contributed by atoms with Crippen LogP contribution in [0.1, 0.15) is 120 Å². The number of carbonyl (C=O) groups excluding carboxylic acids is 1. The zero-order valence-electron chi connectivity index (χ0n) is 47.8. The number of ether oxygens (including phenoxy) is 10. The molecule has 5 heterocycles. The van der Waals surface area contributed by atoms with Crippen molar-refractivity contribution in [2.45, 2.75) is 261 Å². The number of hydrogen-bond acceptors (Lipinski definition) is 24. The molecule has 81 heavy (non-hydrogen) atoms. The van der Waals surface area contributed by atoms with Crippen LogP contribution in [-0.2, 0) is 52.2 Å². The molecule has 464 valence electrons. The predicted octanol–water partition coefficient (Wildman–Crippen LogP) is -1.27. The van der Waals surface area contributed by atoms with Crippen LogP contribution in [0.5, 0.6) is 0 Å². The average molecular weight is 1160 g/mol. The molecular formula is C57H92O24. The lowest BCUT2D eigenvalue weighted by Gasteiger charge is -2.71. The minimum atomic E-state index is -1.86. The summed E-state index contributed by atoms with van der Waals surface area (Å²) in [6.07, 6.45) is -24.3. The highest BCUT2D eigenvalue weighted by Gasteiger charge is 2.70. The lowest BCUT2D eigenvalue weighted by molar-refractivity contribution is -0.372. The van der Waals surface area contributed by atoms with E-state index in [1.807, 2.05) is 0 Å². The van der Waals surface area contributed by atoms with Gasteiger partial charge in [-0.05, 0) is 116 Å². The normalized spacial score (nSPS) is 54.4. The van der Waals surface area contributed by atoms with Gasteiger partial charge in [-0.2, -0.15) is 0 Å². The molecule has 10 aliphatic rings. The highest BCUT2D eigenvalue weighted by molar-refractivity contribution is 5.79. The monoisotopic (exact) mass is 1160 g/mol. The Morgan fingerprint density at radius 3 is 1.78 bits per heavy atom. The van der Waals surface area contributed by atoms with Crippen LogP contribution in [0.15, 0.2) is 11.6 Å². The van der Waals surface area contributed by atoms with Gasteiger partial charge in [0.25, 0.3) is 0 Å². The maximum Gasteiger partial charge on any atom is 0.315 e. The largest absolute Gasteiger partial charge is 0.432 e. The van der Waals surface area contributed by atoms with E-state index in [9.17, 15) is 66.4 Å². The van der Waals surface area contributed by atoms with Crippen LogP contribution in [0.3, 0.4) is 0 Å². The first-order valence-electron chi connectivity index (χ1n) is 29.4. The van der Waals surface area contributed by atoms with E-state index in [2.05, 4.69) is 54.5 Å². The fraction of sp³-hybridized carbons (Fsp3) is 0.947. The van der Waals surface area contributed by atoms with Crippen molar-refractivity contribution in [2.75, 3.05) is 26.4 Å². The van der Waals surface area contributed by atoms with Crippen LogP contribution in [-0.4, -0.2) is 240 Å². The Morgan fingerprint density at radius 2 is 1.11 bits per heavy atom. The van der Waals surface area contributed by atoms with Crippen LogP contribution in [0.25, 0.3) is 0 Å². The lowest BCUT2D eigenvalue weighted by Crippen LogP contribution is -2.66. The highest BCUT2D eigenvalue weighted by Crippen LogP contribution is 2.76. The van der Waals surface area contributed by atoms with Crippen LogP contribution in [0, 0.1) is 50.2 Å². The number of carbonyl (C=O) groups is 1. The smallest absolute Gasteiger partial charge is 0.315 e. The zero-order chi connectivity index (χ0) is 58.8. The molecule has 0 bridgehead atoms. The molecule has 0 aromatic carbocycles. The maximum atomic E-state index is 15.2. The molecule has 10 rings (SSSR count). The Bertz CT molecular complexity index is 2250. The Hall–Kier alpha value is -1.67. The van der Waals surface area contributed by atoms with E-state index in [0.717, 1.165) is 38.5 Å². The molecule has 24 nitrogen and oxygen atoms in total. The Balaban J connectivity index is 0.809. The molecule has 4 saturated carbocycles. The van der Waals surface area contributed by atoms with Gasteiger partial charge in [-0.1, -0.05) is 60.1 Å². The molecular weight excluding hydrogens is 1070 g/mol. The van der Waals surface area contributed by atoms with Crippen LogP contribution >= 0.6 is 0 Å². The third-order valence-corrected chi connectivity index (χ3v) is 22.3. The summed E-state index contributed by atoms with van der Waals surface area (Å²) >= 11 is 0. The number of aliphatic hydroxyl groups is 13. The second-order valence-electron chi connectivity index (χ2n) is 27.7. The molecule has 9 fully saturated rings. The summed E-state index contributed by atoms with van der Waals surface area (Å²) < 4.78 is 58.8. The van der Waals surface area contributed by atoms with Crippen molar-refractivity contribution in [2.24, 2.45) is 50.2 Å². The molecule has 0 unspecified atom stereocenters. The van der Waals surface area contributed by atoms with Crippen molar-refractivity contribution in [1.82, 2.24) is 0 Å². The second kappa shape index (κ2) is 22.8. The van der Waals surface area contributed by atoms with Crippen LogP contribution in [0.2, 0.25) is 0 Å². The summed E-state index contributed by atoms with van der Waals surface area (Å²) in [6.45, 7) is 15.8. The standard InChI is InChI=1S/C57H92O24/c1-24-43(78-46-38(66)34(62)27(59)21-72-46)37(65)40(68)49(75-24)80-45-29(61)22-73-47(41(45)69)79-44-28(60)23-74-48(42(44)70)81-51(71)57-17-15-52(2,3)19-26(57)25-9-10-32-54(6)13-12-33(77-50-39(67)36(64)35(63)30(20-58)76-50)53(4,5)31(54)11-14-56(32,8)55(25,7)16-18-57/h9,24,26-50,58-70H,10-23H2,1-8H3/t24-,26-,27+,28+,29+,30+,31+,32-,33-,34-,35-,36-,37-,38+,39+,40+,41+,42+,43-,44-,45-,46-,47-,48-,49-,50-,54-,55+,56+,57-/m0/s1. The number of rotatable bonds is 11. The summed E-state index contributed by atoms with van der Waals surface area (Å²) in [4.78, 5) is 15.2. The summed E-state index contributed by atoms with van der Waals surface area (Å²) in [7, 11) is 0.